The standard InChI is InChI=1S/C28H29N3O7S/c1-36-23-8-4-20(5-9-23)28(33)31-12-11-19-3-7-22(18-24(19)31)29-27(32)21-6-10-25(37-2)26(17-21)39(34,35)30-13-15-38-16-14-30/h3-10,17-18H,11-16H2,1-2H3,(H,29,32). The summed E-state index contributed by atoms with van der Waals surface area (Å²) in [6.07, 6.45) is 0.701. The van der Waals surface area contributed by atoms with E-state index in [1.54, 1.807) is 48.4 Å². The van der Waals surface area contributed by atoms with Gasteiger partial charge in [-0.2, -0.15) is 4.31 Å². The number of carbonyl (C=O) groups excluding carboxylic acids is 2. The number of nitrogens with one attached hydrogen (secondary N) is 1. The minimum absolute atomic E-state index is 0.0789. The monoisotopic (exact) mass is 551 g/mol. The van der Waals surface area contributed by atoms with E-state index < -0.39 is 15.9 Å². The van der Waals surface area contributed by atoms with Crippen molar-refractivity contribution in [2.45, 2.75) is 11.3 Å². The Labute approximate surface area is 227 Å². The van der Waals surface area contributed by atoms with Gasteiger partial charge in [-0.3, -0.25) is 9.59 Å². The third-order valence-electron chi connectivity index (χ3n) is 6.83. The molecule has 2 aliphatic heterocycles. The van der Waals surface area contributed by atoms with Crippen molar-refractivity contribution in [3.8, 4) is 11.5 Å². The normalized spacial score (nSPS) is 15.5. The van der Waals surface area contributed by atoms with Gasteiger partial charge in [0.1, 0.15) is 16.4 Å². The van der Waals surface area contributed by atoms with E-state index in [1.165, 1.54) is 29.6 Å². The molecule has 10 nitrogen and oxygen atoms in total. The zero-order valence-electron chi connectivity index (χ0n) is 21.7. The molecule has 2 aliphatic rings. The predicted molar refractivity (Wildman–Crippen MR) is 145 cm³/mol. The smallest absolute Gasteiger partial charge is 0.258 e. The summed E-state index contributed by atoms with van der Waals surface area (Å²) in [4.78, 5) is 28.0. The molecule has 0 radical (unpaired) electrons. The second-order valence-corrected chi connectivity index (χ2v) is 11.0. The molecule has 2 amide bonds. The van der Waals surface area contributed by atoms with Crippen LogP contribution in [0.2, 0.25) is 0 Å². The summed E-state index contributed by atoms with van der Waals surface area (Å²) in [7, 11) is -0.939. The summed E-state index contributed by atoms with van der Waals surface area (Å²) in [6.45, 7) is 1.58. The number of hydrogen-bond acceptors (Lipinski definition) is 7. The molecule has 2 heterocycles. The molecule has 1 saturated heterocycles. The molecule has 39 heavy (non-hydrogen) atoms. The van der Waals surface area contributed by atoms with Crippen molar-refractivity contribution in [2.75, 3.05) is 57.3 Å². The Hall–Kier alpha value is -3.93. The van der Waals surface area contributed by atoms with Crippen molar-refractivity contribution in [3.05, 3.63) is 77.4 Å². The summed E-state index contributed by atoms with van der Waals surface area (Å²) < 4.78 is 43.7. The fraction of sp³-hybridized carbons (Fsp3) is 0.286. The van der Waals surface area contributed by atoms with Crippen molar-refractivity contribution in [2.24, 2.45) is 0 Å². The van der Waals surface area contributed by atoms with Crippen molar-refractivity contribution >= 4 is 33.2 Å². The number of sulfonamides is 1. The highest BCUT2D eigenvalue weighted by Gasteiger charge is 2.30. The molecule has 11 heteroatoms. The Bertz CT molecular complexity index is 1500. The van der Waals surface area contributed by atoms with Crippen LogP contribution in [0.4, 0.5) is 11.4 Å². The first-order valence-electron chi connectivity index (χ1n) is 12.5. The highest BCUT2D eigenvalue weighted by atomic mass is 32.2. The lowest BCUT2D eigenvalue weighted by atomic mass is 10.1. The van der Waals surface area contributed by atoms with Gasteiger partial charge in [0, 0.05) is 42.1 Å². The molecule has 0 atom stereocenters. The van der Waals surface area contributed by atoms with E-state index in [0.29, 0.717) is 43.2 Å². The summed E-state index contributed by atoms with van der Waals surface area (Å²) in [5.74, 6) is 0.191. The molecule has 0 saturated carbocycles. The van der Waals surface area contributed by atoms with Crippen molar-refractivity contribution in [3.63, 3.8) is 0 Å². The quantitative estimate of drug-likeness (QED) is 0.480. The fourth-order valence-electron chi connectivity index (χ4n) is 4.71. The van der Waals surface area contributed by atoms with Gasteiger partial charge >= 0.3 is 0 Å². The molecular formula is C28H29N3O7S. The van der Waals surface area contributed by atoms with Gasteiger partial charge in [-0.05, 0) is 66.6 Å². The van der Waals surface area contributed by atoms with Crippen molar-refractivity contribution in [1.29, 1.82) is 0 Å². The highest BCUT2D eigenvalue weighted by Crippen LogP contribution is 2.33. The summed E-state index contributed by atoms with van der Waals surface area (Å²) >= 11 is 0. The minimum Gasteiger partial charge on any atom is -0.497 e. The molecular weight excluding hydrogens is 522 g/mol. The number of methoxy groups -OCH3 is 2. The number of amides is 2. The van der Waals surface area contributed by atoms with E-state index in [4.69, 9.17) is 14.2 Å². The van der Waals surface area contributed by atoms with Gasteiger partial charge in [-0.15, -0.1) is 0 Å². The fourth-order valence-corrected chi connectivity index (χ4v) is 6.30. The van der Waals surface area contributed by atoms with Crippen LogP contribution in [0.25, 0.3) is 0 Å². The number of nitrogens with zero attached hydrogens (tertiary/aromatic N) is 2. The van der Waals surface area contributed by atoms with Crippen LogP contribution in [-0.2, 0) is 21.2 Å². The first kappa shape index (κ1) is 26.7. The lowest BCUT2D eigenvalue weighted by Crippen LogP contribution is -2.40. The minimum atomic E-state index is -3.89. The zero-order chi connectivity index (χ0) is 27.6. The summed E-state index contributed by atoms with van der Waals surface area (Å²) in [5.41, 5.74) is 2.90. The SMILES string of the molecule is COc1ccc(C(=O)N2CCc3ccc(NC(=O)c4ccc(OC)c(S(=O)(=O)N5CCOCC5)c4)cc32)cc1. The number of morpholine rings is 1. The van der Waals surface area contributed by atoms with Crippen LogP contribution in [0.5, 0.6) is 11.5 Å². The highest BCUT2D eigenvalue weighted by molar-refractivity contribution is 7.89. The van der Waals surface area contributed by atoms with E-state index in [2.05, 4.69) is 5.32 Å². The molecule has 3 aromatic rings. The van der Waals surface area contributed by atoms with Gasteiger partial charge in [-0.1, -0.05) is 6.07 Å². The molecule has 0 unspecified atom stereocenters. The van der Waals surface area contributed by atoms with Crippen molar-refractivity contribution < 1.29 is 32.2 Å². The van der Waals surface area contributed by atoms with Crippen LogP contribution >= 0.6 is 0 Å². The average Bonchev–Trinajstić information content (AvgIpc) is 3.40. The second kappa shape index (κ2) is 11.0. The maximum Gasteiger partial charge on any atom is 0.258 e. The van der Waals surface area contributed by atoms with Gasteiger partial charge in [0.15, 0.2) is 0 Å². The Morgan fingerprint density at radius 3 is 2.28 bits per heavy atom. The van der Waals surface area contributed by atoms with E-state index in [0.717, 1.165) is 11.3 Å². The van der Waals surface area contributed by atoms with E-state index in [9.17, 15) is 18.0 Å². The Morgan fingerprint density at radius 1 is 0.872 bits per heavy atom. The molecule has 1 N–H and O–H groups in total. The van der Waals surface area contributed by atoms with Gasteiger partial charge in [0.25, 0.3) is 11.8 Å². The number of rotatable bonds is 7. The predicted octanol–water partition coefficient (Wildman–Crippen LogP) is 3.18. The third-order valence-corrected chi connectivity index (χ3v) is 8.75. The van der Waals surface area contributed by atoms with Crippen LogP contribution in [0.1, 0.15) is 26.3 Å². The van der Waals surface area contributed by atoms with Crippen LogP contribution in [0.15, 0.2) is 65.6 Å². The maximum absolute atomic E-state index is 13.3. The van der Waals surface area contributed by atoms with E-state index >= 15 is 0 Å². The molecule has 0 aromatic heterocycles. The Morgan fingerprint density at radius 2 is 1.59 bits per heavy atom. The van der Waals surface area contributed by atoms with Gasteiger partial charge in [0.2, 0.25) is 10.0 Å². The summed E-state index contributed by atoms with van der Waals surface area (Å²) in [6, 6.07) is 16.6. The number of anilines is 2. The second-order valence-electron chi connectivity index (χ2n) is 9.12. The molecule has 5 rings (SSSR count). The van der Waals surface area contributed by atoms with Crippen molar-refractivity contribution in [1.82, 2.24) is 4.31 Å². The molecule has 1 fully saturated rings. The lowest BCUT2D eigenvalue weighted by Gasteiger charge is -2.26. The van der Waals surface area contributed by atoms with Crippen LogP contribution in [0, 0.1) is 0 Å². The number of benzene rings is 3. The molecule has 0 aliphatic carbocycles. The molecule has 3 aromatic carbocycles. The maximum atomic E-state index is 13.3. The lowest BCUT2D eigenvalue weighted by molar-refractivity contribution is 0.0729. The van der Waals surface area contributed by atoms with Gasteiger partial charge in [0.05, 0.1) is 27.4 Å². The summed E-state index contributed by atoms with van der Waals surface area (Å²) in [5, 5.41) is 2.84. The first-order chi connectivity index (χ1) is 18.8. The first-order valence-corrected chi connectivity index (χ1v) is 13.9. The number of fused-ring (bicyclic) bond motifs is 1. The largest absolute Gasteiger partial charge is 0.497 e. The van der Waals surface area contributed by atoms with E-state index in [-0.39, 0.29) is 35.2 Å². The van der Waals surface area contributed by atoms with Gasteiger partial charge in [-0.25, -0.2) is 8.42 Å². The Kier molecular flexibility index (Phi) is 7.56. The number of carbonyl (C=O) groups is 2. The molecule has 0 spiro atoms. The average molecular weight is 552 g/mol. The van der Waals surface area contributed by atoms with Crippen LogP contribution in [-0.4, -0.2) is 71.6 Å². The zero-order valence-corrected chi connectivity index (χ0v) is 22.5. The Balaban J connectivity index is 1.37. The van der Waals surface area contributed by atoms with Crippen LogP contribution < -0.4 is 19.7 Å². The van der Waals surface area contributed by atoms with Gasteiger partial charge < -0.3 is 24.4 Å². The van der Waals surface area contributed by atoms with E-state index in [1.807, 2.05) is 6.07 Å². The molecule has 0 bridgehead atoms. The van der Waals surface area contributed by atoms with Crippen LogP contribution in [0.3, 0.4) is 0 Å². The number of hydrogen-bond donors (Lipinski definition) is 1. The third kappa shape index (κ3) is 5.33. The molecule has 204 valence electrons. The topological polar surface area (TPSA) is 114 Å². The number of ether oxygens (including phenoxy) is 3.